The molecule has 0 unspecified atom stereocenters. The number of rotatable bonds is 5. The summed E-state index contributed by atoms with van der Waals surface area (Å²) in [5, 5.41) is 0. The fourth-order valence-electron chi connectivity index (χ4n) is 2.22. The van der Waals surface area contributed by atoms with Gasteiger partial charge in [0.25, 0.3) is 0 Å². The van der Waals surface area contributed by atoms with E-state index in [1.807, 2.05) is 72.8 Å². The summed E-state index contributed by atoms with van der Waals surface area (Å²) in [5.74, 6) is 1.78. The number of halogens is 1. The smallest absolute Gasteiger partial charge is 0.164 e. The maximum atomic E-state index is 4.64. The van der Waals surface area contributed by atoms with E-state index in [0.29, 0.717) is 23.0 Å². The van der Waals surface area contributed by atoms with Gasteiger partial charge in [0.05, 0.1) is 0 Å². The molecule has 0 amide bonds. The van der Waals surface area contributed by atoms with E-state index in [9.17, 15) is 0 Å². The first-order chi connectivity index (χ1) is 12.1. The fraction of sp³-hybridized carbons (Fsp3) is 0. The van der Waals surface area contributed by atoms with Crippen LogP contribution in [0.3, 0.4) is 0 Å². The highest BCUT2D eigenvalue weighted by atomic mass is 79.9. The first-order valence-corrected chi connectivity index (χ1v) is 8.51. The molecule has 0 radical (unpaired) electrons. The zero-order valence-corrected chi connectivity index (χ0v) is 15.1. The molecule has 0 atom stereocenters. The summed E-state index contributed by atoms with van der Waals surface area (Å²) in [7, 11) is 0. The predicted octanol–water partition coefficient (Wildman–Crippen LogP) is 5.68. The van der Waals surface area contributed by atoms with Gasteiger partial charge in [-0.3, -0.25) is 0 Å². The van der Waals surface area contributed by atoms with Crippen molar-refractivity contribution in [2.45, 2.75) is 0 Å². The van der Waals surface area contributed by atoms with Crippen molar-refractivity contribution in [2.24, 2.45) is 0 Å². The van der Waals surface area contributed by atoms with Crippen molar-refractivity contribution in [2.75, 3.05) is 0 Å². The summed E-state index contributed by atoms with van der Waals surface area (Å²) in [6.45, 7) is 7.85. The standard InChI is InChI=1S/C21H16BrN3/c1-15(13-14-16(2)22)19-23-20(17-9-5-3-6-10-17)25-21(24-19)18-11-7-4-8-12-18/h3-14H,1-2H2/b14-13-. The molecule has 4 heteroatoms. The van der Waals surface area contributed by atoms with E-state index >= 15 is 0 Å². The van der Waals surface area contributed by atoms with Crippen molar-refractivity contribution in [3.05, 3.63) is 96.3 Å². The van der Waals surface area contributed by atoms with Gasteiger partial charge >= 0.3 is 0 Å². The van der Waals surface area contributed by atoms with Gasteiger partial charge < -0.3 is 0 Å². The van der Waals surface area contributed by atoms with Gasteiger partial charge in [-0.05, 0) is 6.08 Å². The molecule has 25 heavy (non-hydrogen) atoms. The van der Waals surface area contributed by atoms with Crippen LogP contribution >= 0.6 is 15.9 Å². The molecule has 0 spiro atoms. The summed E-state index contributed by atoms with van der Waals surface area (Å²) >= 11 is 3.30. The third-order valence-corrected chi connectivity index (χ3v) is 3.72. The zero-order chi connectivity index (χ0) is 17.6. The molecule has 3 rings (SSSR count). The SMILES string of the molecule is C=C(Br)/C=C\C(=C)c1nc(-c2ccccc2)nc(-c2ccccc2)n1. The lowest BCUT2D eigenvalue weighted by Gasteiger charge is -2.08. The van der Waals surface area contributed by atoms with Gasteiger partial charge in [-0.2, -0.15) is 0 Å². The van der Waals surface area contributed by atoms with Crippen LogP contribution in [0, 0.1) is 0 Å². The largest absolute Gasteiger partial charge is 0.208 e. The van der Waals surface area contributed by atoms with Gasteiger partial charge in [0, 0.05) is 21.2 Å². The minimum Gasteiger partial charge on any atom is -0.208 e. The number of hydrogen-bond acceptors (Lipinski definition) is 3. The first-order valence-electron chi connectivity index (χ1n) is 7.72. The molecule has 0 aliphatic carbocycles. The molecule has 2 aromatic carbocycles. The van der Waals surface area contributed by atoms with Crippen molar-refractivity contribution >= 4 is 21.5 Å². The summed E-state index contributed by atoms with van der Waals surface area (Å²) in [6, 6.07) is 19.7. The van der Waals surface area contributed by atoms with Crippen molar-refractivity contribution in [3.63, 3.8) is 0 Å². The molecule has 3 nitrogen and oxygen atoms in total. The van der Waals surface area contributed by atoms with E-state index in [1.54, 1.807) is 0 Å². The monoisotopic (exact) mass is 389 g/mol. The first kappa shape index (κ1) is 17.0. The van der Waals surface area contributed by atoms with Crippen LogP contribution in [0.15, 0.2) is 90.5 Å². The molecule has 0 aliphatic rings. The molecular formula is C21H16BrN3. The topological polar surface area (TPSA) is 38.7 Å². The Labute approximate surface area is 155 Å². The molecule has 3 aromatic rings. The second-order valence-electron chi connectivity index (χ2n) is 5.34. The van der Waals surface area contributed by atoms with Crippen molar-refractivity contribution < 1.29 is 0 Å². The molecule has 0 N–H and O–H groups in total. The Morgan fingerprint density at radius 3 is 1.64 bits per heavy atom. The second kappa shape index (κ2) is 7.81. The Kier molecular flexibility index (Phi) is 5.31. The van der Waals surface area contributed by atoms with Crippen LogP contribution in [0.2, 0.25) is 0 Å². The van der Waals surface area contributed by atoms with Gasteiger partial charge in [0.15, 0.2) is 17.5 Å². The van der Waals surface area contributed by atoms with Crippen molar-refractivity contribution in [1.29, 1.82) is 0 Å². The lowest BCUT2D eigenvalue weighted by Crippen LogP contribution is -2.01. The minimum absolute atomic E-state index is 0.540. The fourth-order valence-corrected chi connectivity index (χ4v) is 2.35. The van der Waals surface area contributed by atoms with E-state index in [1.165, 1.54) is 0 Å². The third kappa shape index (κ3) is 4.37. The van der Waals surface area contributed by atoms with Crippen LogP contribution in [0.4, 0.5) is 0 Å². The van der Waals surface area contributed by atoms with Gasteiger partial charge in [0.1, 0.15) is 0 Å². The highest BCUT2D eigenvalue weighted by molar-refractivity contribution is 9.11. The number of aromatic nitrogens is 3. The molecular weight excluding hydrogens is 374 g/mol. The lowest BCUT2D eigenvalue weighted by molar-refractivity contribution is 1.04. The maximum absolute atomic E-state index is 4.64. The number of allylic oxidation sites excluding steroid dienone is 4. The normalized spacial score (nSPS) is 10.8. The van der Waals surface area contributed by atoms with Gasteiger partial charge in [-0.1, -0.05) is 95.8 Å². The molecule has 1 aromatic heterocycles. The van der Waals surface area contributed by atoms with E-state index < -0.39 is 0 Å². The summed E-state index contributed by atoms with van der Waals surface area (Å²) in [6.07, 6.45) is 3.65. The van der Waals surface area contributed by atoms with Crippen molar-refractivity contribution in [3.8, 4) is 22.8 Å². The minimum atomic E-state index is 0.540. The second-order valence-corrected chi connectivity index (χ2v) is 6.36. The van der Waals surface area contributed by atoms with Gasteiger partial charge in [-0.15, -0.1) is 0 Å². The van der Waals surface area contributed by atoms with Crippen LogP contribution < -0.4 is 0 Å². The lowest BCUT2D eigenvalue weighted by atomic mass is 10.1. The molecule has 0 bridgehead atoms. The quantitative estimate of drug-likeness (QED) is 0.526. The highest BCUT2D eigenvalue weighted by Gasteiger charge is 2.11. The average Bonchev–Trinajstić information content (AvgIpc) is 2.67. The molecule has 1 heterocycles. The van der Waals surface area contributed by atoms with Gasteiger partial charge in [0.2, 0.25) is 0 Å². The molecule has 0 saturated heterocycles. The Morgan fingerprint density at radius 2 is 1.20 bits per heavy atom. The Balaban J connectivity index is 2.12. The molecule has 0 fully saturated rings. The van der Waals surface area contributed by atoms with Crippen LogP contribution in [0.1, 0.15) is 5.82 Å². The maximum Gasteiger partial charge on any atom is 0.164 e. The summed E-state index contributed by atoms with van der Waals surface area (Å²) in [4.78, 5) is 13.8. The van der Waals surface area contributed by atoms with E-state index in [2.05, 4.69) is 44.0 Å². The predicted molar refractivity (Wildman–Crippen MR) is 107 cm³/mol. The Hall–Kier alpha value is -2.85. The van der Waals surface area contributed by atoms with Gasteiger partial charge in [-0.25, -0.2) is 15.0 Å². The van der Waals surface area contributed by atoms with Crippen LogP contribution in [-0.4, -0.2) is 15.0 Å². The van der Waals surface area contributed by atoms with Crippen LogP contribution in [-0.2, 0) is 0 Å². The number of nitrogens with zero attached hydrogens (tertiary/aromatic N) is 3. The summed E-state index contributed by atoms with van der Waals surface area (Å²) < 4.78 is 0.759. The molecule has 0 saturated carbocycles. The molecule has 122 valence electrons. The Morgan fingerprint density at radius 1 is 0.720 bits per heavy atom. The third-order valence-electron chi connectivity index (χ3n) is 3.45. The number of benzene rings is 2. The van der Waals surface area contributed by atoms with E-state index in [-0.39, 0.29) is 0 Å². The average molecular weight is 390 g/mol. The molecule has 0 aliphatic heterocycles. The van der Waals surface area contributed by atoms with E-state index in [4.69, 9.17) is 0 Å². The summed E-state index contributed by atoms with van der Waals surface area (Å²) in [5.41, 5.74) is 2.56. The van der Waals surface area contributed by atoms with Crippen LogP contribution in [0.25, 0.3) is 28.3 Å². The highest BCUT2D eigenvalue weighted by Crippen LogP contribution is 2.22. The zero-order valence-electron chi connectivity index (χ0n) is 13.6. The van der Waals surface area contributed by atoms with Crippen molar-refractivity contribution in [1.82, 2.24) is 15.0 Å². The number of hydrogen-bond donors (Lipinski definition) is 0. The van der Waals surface area contributed by atoms with Crippen LogP contribution in [0.5, 0.6) is 0 Å². The van der Waals surface area contributed by atoms with E-state index in [0.717, 1.165) is 15.6 Å². The Bertz CT molecular complexity index is 874.